The number of ether oxygens (including phenoxy) is 2. The van der Waals surface area contributed by atoms with Crippen LogP contribution in [0.3, 0.4) is 0 Å². The molecule has 4 bridgehead atoms. The molecule has 4 saturated heterocycles. The van der Waals surface area contributed by atoms with E-state index in [9.17, 15) is 0 Å². The molecule has 4 heterocycles. The third-order valence-electron chi connectivity index (χ3n) is 3.93. The molecule has 4 aliphatic heterocycles. The van der Waals surface area contributed by atoms with Crippen molar-refractivity contribution in [3.63, 3.8) is 0 Å². The van der Waals surface area contributed by atoms with Gasteiger partial charge in [-0.15, -0.1) is 0 Å². The molecule has 0 amide bonds. The molecule has 0 spiro atoms. The standard InChI is InChI=1S/C10H16O2/c1-9(2)8-6-4-10(8,3)5-7(11-6)12-9/h6-8H,4-5H2,1-3H3/t6-,7-,8+,10-/m0/s1. The van der Waals surface area contributed by atoms with Gasteiger partial charge in [0.1, 0.15) is 0 Å². The third-order valence-corrected chi connectivity index (χ3v) is 3.93. The van der Waals surface area contributed by atoms with Gasteiger partial charge in [-0.2, -0.15) is 0 Å². The molecule has 0 aromatic heterocycles. The van der Waals surface area contributed by atoms with Gasteiger partial charge in [0, 0.05) is 12.3 Å². The zero-order chi connectivity index (χ0) is 8.56. The van der Waals surface area contributed by atoms with E-state index < -0.39 is 0 Å². The summed E-state index contributed by atoms with van der Waals surface area (Å²) in [5.74, 6) is 0.634. The van der Waals surface area contributed by atoms with Crippen LogP contribution in [-0.2, 0) is 9.47 Å². The van der Waals surface area contributed by atoms with Crippen molar-refractivity contribution in [1.29, 1.82) is 0 Å². The maximum Gasteiger partial charge on any atom is 0.159 e. The van der Waals surface area contributed by atoms with Gasteiger partial charge in [0.25, 0.3) is 0 Å². The Morgan fingerprint density at radius 3 is 2.33 bits per heavy atom. The molecule has 2 nitrogen and oxygen atoms in total. The quantitative estimate of drug-likeness (QED) is 0.550. The highest BCUT2D eigenvalue weighted by atomic mass is 16.7. The Bertz CT molecular complexity index is 220. The Hall–Kier alpha value is -0.0800. The minimum atomic E-state index is 0.0544. The van der Waals surface area contributed by atoms with Gasteiger partial charge < -0.3 is 9.47 Å². The normalized spacial score (nSPS) is 59.8. The fraction of sp³-hybridized carbons (Fsp3) is 1.00. The summed E-state index contributed by atoms with van der Waals surface area (Å²) in [5, 5.41) is 0. The fourth-order valence-corrected chi connectivity index (χ4v) is 3.72. The van der Waals surface area contributed by atoms with Gasteiger partial charge in [-0.3, -0.25) is 0 Å². The van der Waals surface area contributed by atoms with Crippen LogP contribution < -0.4 is 0 Å². The summed E-state index contributed by atoms with van der Waals surface area (Å²) in [6.07, 6.45) is 2.95. The van der Waals surface area contributed by atoms with Crippen molar-refractivity contribution in [2.24, 2.45) is 11.3 Å². The van der Waals surface area contributed by atoms with Crippen LogP contribution in [0.1, 0.15) is 33.6 Å². The van der Waals surface area contributed by atoms with Crippen molar-refractivity contribution in [3.8, 4) is 0 Å². The second-order valence-corrected chi connectivity index (χ2v) is 5.37. The summed E-state index contributed by atoms with van der Waals surface area (Å²) in [6, 6.07) is 0. The second kappa shape index (κ2) is 1.73. The predicted molar refractivity (Wildman–Crippen MR) is 44.7 cm³/mol. The van der Waals surface area contributed by atoms with E-state index >= 15 is 0 Å². The van der Waals surface area contributed by atoms with Crippen molar-refractivity contribution in [3.05, 3.63) is 0 Å². The molecule has 68 valence electrons. The zero-order valence-corrected chi connectivity index (χ0v) is 7.96. The Balaban J connectivity index is 2.01. The van der Waals surface area contributed by atoms with Crippen molar-refractivity contribution < 1.29 is 9.47 Å². The van der Waals surface area contributed by atoms with Crippen molar-refractivity contribution in [1.82, 2.24) is 0 Å². The predicted octanol–water partition coefficient (Wildman–Crippen LogP) is 1.94. The molecule has 0 aromatic carbocycles. The second-order valence-electron chi connectivity index (χ2n) is 5.37. The molecular weight excluding hydrogens is 152 g/mol. The van der Waals surface area contributed by atoms with E-state index in [2.05, 4.69) is 20.8 Å². The van der Waals surface area contributed by atoms with Gasteiger partial charge in [0.15, 0.2) is 6.29 Å². The van der Waals surface area contributed by atoms with Gasteiger partial charge in [-0.05, 0) is 25.7 Å². The molecule has 1 aliphatic carbocycles. The topological polar surface area (TPSA) is 18.5 Å². The van der Waals surface area contributed by atoms with Crippen LogP contribution in [0.25, 0.3) is 0 Å². The van der Waals surface area contributed by atoms with Gasteiger partial charge in [-0.1, -0.05) is 6.92 Å². The lowest BCUT2D eigenvalue weighted by atomic mass is 9.50. The van der Waals surface area contributed by atoms with Gasteiger partial charge in [-0.25, -0.2) is 0 Å². The van der Waals surface area contributed by atoms with E-state index in [-0.39, 0.29) is 11.9 Å². The molecule has 0 radical (unpaired) electrons. The maximum atomic E-state index is 5.82. The van der Waals surface area contributed by atoms with Gasteiger partial charge in [0.05, 0.1) is 11.7 Å². The molecule has 5 rings (SSSR count). The van der Waals surface area contributed by atoms with E-state index in [1.165, 1.54) is 6.42 Å². The minimum absolute atomic E-state index is 0.0544. The monoisotopic (exact) mass is 168 g/mol. The number of hydrogen-bond donors (Lipinski definition) is 0. The average Bonchev–Trinajstić information content (AvgIpc) is 1.78. The molecule has 5 aliphatic rings. The van der Waals surface area contributed by atoms with Crippen molar-refractivity contribution >= 4 is 0 Å². The summed E-state index contributed by atoms with van der Waals surface area (Å²) in [7, 11) is 0. The highest BCUT2D eigenvalue weighted by molar-refractivity contribution is 5.12. The number of hydrogen-bond acceptors (Lipinski definition) is 2. The Labute approximate surface area is 73.2 Å². The zero-order valence-electron chi connectivity index (χ0n) is 7.96. The molecule has 4 atom stereocenters. The maximum absolute atomic E-state index is 5.82. The van der Waals surface area contributed by atoms with E-state index in [0.717, 1.165) is 6.42 Å². The van der Waals surface area contributed by atoms with Crippen LogP contribution in [-0.4, -0.2) is 18.0 Å². The van der Waals surface area contributed by atoms with E-state index in [1.807, 2.05) is 0 Å². The molecule has 0 unspecified atom stereocenters. The first-order valence-electron chi connectivity index (χ1n) is 4.85. The summed E-state index contributed by atoms with van der Waals surface area (Å²) < 4.78 is 11.5. The Kier molecular flexibility index (Phi) is 1.06. The van der Waals surface area contributed by atoms with Crippen LogP contribution in [0.15, 0.2) is 0 Å². The molecular formula is C10H16O2. The number of rotatable bonds is 0. The smallest absolute Gasteiger partial charge is 0.159 e. The highest BCUT2D eigenvalue weighted by Crippen LogP contribution is 2.64. The minimum Gasteiger partial charge on any atom is -0.349 e. The van der Waals surface area contributed by atoms with Crippen LogP contribution in [0.5, 0.6) is 0 Å². The first-order chi connectivity index (χ1) is 5.51. The van der Waals surface area contributed by atoms with Gasteiger partial charge >= 0.3 is 0 Å². The van der Waals surface area contributed by atoms with Crippen LogP contribution in [0.4, 0.5) is 0 Å². The van der Waals surface area contributed by atoms with Crippen LogP contribution >= 0.6 is 0 Å². The van der Waals surface area contributed by atoms with Crippen LogP contribution in [0, 0.1) is 11.3 Å². The number of fused-ring (bicyclic) bond motifs is 1. The Morgan fingerprint density at radius 2 is 1.92 bits per heavy atom. The largest absolute Gasteiger partial charge is 0.349 e. The lowest BCUT2D eigenvalue weighted by molar-refractivity contribution is -0.414. The SMILES string of the molecule is CC1(C)O[C@H]2C[C@]3(C)C[C@H](O2)[C@H]13. The molecule has 0 N–H and O–H groups in total. The first kappa shape index (κ1) is 7.34. The van der Waals surface area contributed by atoms with E-state index in [4.69, 9.17) is 9.47 Å². The lowest BCUT2D eigenvalue weighted by Gasteiger charge is -2.68. The summed E-state index contributed by atoms with van der Waals surface area (Å²) in [6.45, 7) is 6.79. The molecule has 5 fully saturated rings. The van der Waals surface area contributed by atoms with E-state index in [1.54, 1.807) is 0 Å². The summed E-state index contributed by atoms with van der Waals surface area (Å²) in [4.78, 5) is 0. The Morgan fingerprint density at radius 1 is 1.17 bits per heavy atom. The van der Waals surface area contributed by atoms with E-state index in [0.29, 0.717) is 17.4 Å². The summed E-state index contributed by atoms with van der Waals surface area (Å²) in [5.41, 5.74) is 0.578. The summed E-state index contributed by atoms with van der Waals surface area (Å²) >= 11 is 0. The lowest BCUT2D eigenvalue weighted by Crippen LogP contribution is -2.71. The van der Waals surface area contributed by atoms with Crippen molar-refractivity contribution in [2.45, 2.75) is 51.6 Å². The molecule has 12 heavy (non-hydrogen) atoms. The van der Waals surface area contributed by atoms with Crippen LogP contribution in [0.2, 0.25) is 0 Å². The first-order valence-corrected chi connectivity index (χ1v) is 4.85. The average molecular weight is 168 g/mol. The molecule has 1 saturated carbocycles. The fourth-order valence-electron chi connectivity index (χ4n) is 3.72. The highest BCUT2D eigenvalue weighted by Gasteiger charge is 2.66. The van der Waals surface area contributed by atoms with Crippen molar-refractivity contribution in [2.75, 3.05) is 0 Å². The molecule has 2 heteroatoms. The van der Waals surface area contributed by atoms with Gasteiger partial charge in [0.2, 0.25) is 0 Å². The molecule has 0 aromatic rings. The third kappa shape index (κ3) is 0.647.